The minimum Gasteiger partial charge on any atom is -0.382 e. The van der Waals surface area contributed by atoms with Crippen LogP contribution in [-0.2, 0) is 0 Å². The van der Waals surface area contributed by atoms with Crippen molar-refractivity contribution in [3.63, 3.8) is 0 Å². The molecule has 3 rings (SSSR count). The fourth-order valence-corrected chi connectivity index (χ4v) is 1.97. The van der Waals surface area contributed by atoms with Gasteiger partial charge in [-0.05, 0) is 5.56 Å². The van der Waals surface area contributed by atoms with Crippen LogP contribution in [-0.4, -0.2) is 19.9 Å². The average Bonchev–Trinajstić information content (AvgIpc) is 2.84. The first-order valence-corrected chi connectivity index (χ1v) is 5.76. The van der Waals surface area contributed by atoms with Gasteiger partial charge in [0.2, 0.25) is 0 Å². The lowest BCUT2D eigenvalue weighted by molar-refractivity contribution is 0.844. The first-order valence-electron chi connectivity index (χ1n) is 5.76. The zero-order valence-electron chi connectivity index (χ0n) is 9.96. The molecule has 5 nitrogen and oxygen atoms in total. The highest BCUT2D eigenvalue weighted by atomic mass is 15.0. The van der Waals surface area contributed by atoms with E-state index in [9.17, 15) is 0 Å². The third-order valence-corrected chi connectivity index (χ3v) is 3.05. The lowest BCUT2D eigenvalue weighted by atomic mass is 10.0. The van der Waals surface area contributed by atoms with Gasteiger partial charge in [-0.15, -0.1) is 0 Å². The highest BCUT2D eigenvalue weighted by molar-refractivity contribution is 5.81. The molecule has 18 heavy (non-hydrogen) atoms. The summed E-state index contributed by atoms with van der Waals surface area (Å²) in [7, 11) is 0. The molecule has 0 aliphatic carbocycles. The number of nitrogens with one attached hydrogen (secondary N) is 1. The minimum absolute atomic E-state index is 0.166. The molecule has 2 heterocycles. The Kier molecular flexibility index (Phi) is 2.44. The molecule has 0 radical (unpaired) electrons. The third kappa shape index (κ3) is 1.69. The minimum atomic E-state index is 0.166. The summed E-state index contributed by atoms with van der Waals surface area (Å²) in [6, 6.07) is 10.2. The summed E-state index contributed by atoms with van der Waals surface area (Å²) in [6.07, 6.45) is 1.43. The number of nitrogens with two attached hydrogens (primary N) is 1. The standard InChI is InChI=1S/C13H13N5/c1-8(9-5-3-2-4-6-9)12-17-10-11(14)15-7-16-13(10)18-12/h2-8H,1H3,(H3,14,15,16,17,18). The predicted molar refractivity (Wildman–Crippen MR) is 70.1 cm³/mol. The van der Waals surface area contributed by atoms with E-state index in [1.807, 2.05) is 18.2 Å². The van der Waals surface area contributed by atoms with Gasteiger partial charge in [0.15, 0.2) is 11.5 Å². The van der Waals surface area contributed by atoms with Crippen molar-refractivity contribution in [1.29, 1.82) is 0 Å². The topological polar surface area (TPSA) is 80.5 Å². The first kappa shape index (κ1) is 10.7. The average molecular weight is 239 g/mol. The number of nitrogen functional groups attached to an aromatic ring is 1. The molecule has 0 amide bonds. The molecule has 0 saturated carbocycles. The quantitative estimate of drug-likeness (QED) is 0.717. The summed E-state index contributed by atoms with van der Waals surface area (Å²) in [5.74, 6) is 1.45. The van der Waals surface area contributed by atoms with Crippen LogP contribution >= 0.6 is 0 Å². The molecule has 1 aromatic carbocycles. The molecule has 3 N–H and O–H groups in total. The summed E-state index contributed by atoms with van der Waals surface area (Å²) >= 11 is 0. The molecule has 0 spiro atoms. The fraction of sp³-hybridized carbons (Fsp3) is 0.154. The number of H-pyrrole nitrogens is 1. The molecule has 90 valence electrons. The largest absolute Gasteiger partial charge is 0.382 e. The number of aromatic nitrogens is 4. The second kappa shape index (κ2) is 4.10. The van der Waals surface area contributed by atoms with Crippen LogP contribution < -0.4 is 5.73 Å². The van der Waals surface area contributed by atoms with Gasteiger partial charge in [0.05, 0.1) is 0 Å². The predicted octanol–water partition coefficient (Wildman–Crippen LogP) is 2.09. The van der Waals surface area contributed by atoms with Gasteiger partial charge in [0.1, 0.15) is 17.7 Å². The van der Waals surface area contributed by atoms with Crippen molar-refractivity contribution >= 4 is 17.0 Å². The molecule has 0 saturated heterocycles. The summed E-state index contributed by atoms with van der Waals surface area (Å²) in [6.45, 7) is 2.09. The number of imidazole rings is 1. The number of rotatable bonds is 2. The summed E-state index contributed by atoms with van der Waals surface area (Å²) in [4.78, 5) is 15.7. The summed E-state index contributed by atoms with van der Waals surface area (Å²) in [5, 5.41) is 0. The Balaban J connectivity index is 2.07. The molecular formula is C13H13N5. The van der Waals surface area contributed by atoms with E-state index in [2.05, 4.69) is 39.0 Å². The highest BCUT2D eigenvalue weighted by Crippen LogP contribution is 2.24. The zero-order valence-corrected chi connectivity index (χ0v) is 9.96. The second-order valence-electron chi connectivity index (χ2n) is 4.21. The molecule has 0 bridgehead atoms. The summed E-state index contributed by atoms with van der Waals surface area (Å²) in [5.41, 5.74) is 8.30. The Morgan fingerprint density at radius 1 is 1.17 bits per heavy atom. The Hall–Kier alpha value is -2.43. The van der Waals surface area contributed by atoms with E-state index < -0.39 is 0 Å². The first-order chi connectivity index (χ1) is 8.75. The van der Waals surface area contributed by atoms with E-state index in [1.165, 1.54) is 11.9 Å². The van der Waals surface area contributed by atoms with E-state index in [-0.39, 0.29) is 5.92 Å². The normalized spacial score (nSPS) is 12.7. The molecule has 1 atom stereocenters. The van der Waals surface area contributed by atoms with E-state index >= 15 is 0 Å². The Bertz CT molecular complexity index is 674. The van der Waals surface area contributed by atoms with Crippen molar-refractivity contribution in [2.45, 2.75) is 12.8 Å². The maximum absolute atomic E-state index is 5.79. The van der Waals surface area contributed by atoms with Crippen LogP contribution in [0, 0.1) is 0 Å². The maximum Gasteiger partial charge on any atom is 0.183 e. The van der Waals surface area contributed by atoms with Crippen LogP contribution in [0.1, 0.15) is 24.2 Å². The zero-order chi connectivity index (χ0) is 12.5. The van der Waals surface area contributed by atoms with Gasteiger partial charge in [0.25, 0.3) is 0 Å². The fourth-order valence-electron chi connectivity index (χ4n) is 1.97. The number of hydrogen-bond donors (Lipinski definition) is 2. The van der Waals surface area contributed by atoms with Crippen LogP contribution in [0.25, 0.3) is 11.2 Å². The number of hydrogen-bond acceptors (Lipinski definition) is 4. The SMILES string of the molecule is CC(c1ccccc1)c1nc2ncnc(N)c2[nH]1. The number of benzene rings is 1. The van der Waals surface area contributed by atoms with E-state index in [0.717, 1.165) is 5.82 Å². The van der Waals surface area contributed by atoms with Gasteiger partial charge < -0.3 is 10.7 Å². The second-order valence-corrected chi connectivity index (χ2v) is 4.21. The Morgan fingerprint density at radius 3 is 2.67 bits per heavy atom. The maximum atomic E-state index is 5.79. The van der Waals surface area contributed by atoms with E-state index in [4.69, 9.17) is 5.73 Å². The summed E-state index contributed by atoms with van der Waals surface area (Å²) < 4.78 is 0. The number of nitrogens with zero attached hydrogens (tertiary/aromatic N) is 3. The van der Waals surface area contributed by atoms with Crippen LogP contribution in [0.15, 0.2) is 36.7 Å². The van der Waals surface area contributed by atoms with Gasteiger partial charge in [-0.3, -0.25) is 0 Å². The Morgan fingerprint density at radius 2 is 1.94 bits per heavy atom. The van der Waals surface area contributed by atoms with Gasteiger partial charge >= 0.3 is 0 Å². The van der Waals surface area contributed by atoms with Crippen LogP contribution in [0.5, 0.6) is 0 Å². The Labute approximate surface area is 104 Å². The number of aromatic amines is 1. The number of fused-ring (bicyclic) bond motifs is 1. The molecule has 0 aliphatic heterocycles. The molecular weight excluding hydrogens is 226 g/mol. The van der Waals surface area contributed by atoms with Gasteiger partial charge in [0, 0.05) is 5.92 Å². The van der Waals surface area contributed by atoms with E-state index in [1.54, 1.807) is 0 Å². The van der Waals surface area contributed by atoms with Crippen molar-refractivity contribution in [3.05, 3.63) is 48.0 Å². The monoisotopic (exact) mass is 239 g/mol. The lowest BCUT2D eigenvalue weighted by Crippen LogP contribution is -1.98. The van der Waals surface area contributed by atoms with Crippen LogP contribution in [0.3, 0.4) is 0 Å². The van der Waals surface area contributed by atoms with Crippen LogP contribution in [0.4, 0.5) is 5.82 Å². The van der Waals surface area contributed by atoms with Crippen LogP contribution in [0.2, 0.25) is 0 Å². The van der Waals surface area contributed by atoms with Crippen molar-refractivity contribution in [2.24, 2.45) is 0 Å². The number of anilines is 1. The molecule has 2 aromatic heterocycles. The molecule has 1 unspecified atom stereocenters. The lowest BCUT2D eigenvalue weighted by Gasteiger charge is -2.07. The van der Waals surface area contributed by atoms with Gasteiger partial charge in [-0.1, -0.05) is 37.3 Å². The van der Waals surface area contributed by atoms with Crippen molar-refractivity contribution in [2.75, 3.05) is 5.73 Å². The third-order valence-electron chi connectivity index (χ3n) is 3.05. The smallest absolute Gasteiger partial charge is 0.183 e. The molecule has 0 aliphatic rings. The van der Waals surface area contributed by atoms with Crippen molar-refractivity contribution in [3.8, 4) is 0 Å². The van der Waals surface area contributed by atoms with Crippen molar-refractivity contribution in [1.82, 2.24) is 19.9 Å². The molecule has 0 fully saturated rings. The molecule has 3 aromatic rings. The highest BCUT2D eigenvalue weighted by Gasteiger charge is 2.14. The molecule has 5 heteroatoms. The van der Waals surface area contributed by atoms with Gasteiger partial charge in [-0.2, -0.15) is 0 Å². The van der Waals surface area contributed by atoms with Gasteiger partial charge in [-0.25, -0.2) is 15.0 Å². The van der Waals surface area contributed by atoms with E-state index in [0.29, 0.717) is 17.0 Å². The van der Waals surface area contributed by atoms with Crippen molar-refractivity contribution < 1.29 is 0 Å².